The van der Waals surface area contributed by atoms with E-state index in [1.54, 1.807) is 0 Å². The van der Waals surface area contributed by atoms with Gasteiger partial charge in [0.1, 0.15) is 6.54 Å². The molecule has 0 saturated carbocycles. The highest BCUT2D eigenvalue weighted by Gasteiger charge is 2.11. The zero-order valence-electron chi connectivity index (χ0n) is 9.07. The number of hydrogen-bond donors (Lipinski definition) is 2. The maximum Gasteiger partial charge on any atom is 0.327 e. The molecule has 0 saturated heterocycles. The number of aryl methyl sites for hydroxylation is 2. The number of aromatic nitrogens is 2. The Morgan fingerprint density at radius 3 is 2.75 bits per heavy atom. The minimum Gasteiger partial charge on any atom is -0.480 e. The van der Waals surface area contributed by atoms with Crippen LogP contribution in [-0.2, 0) is 11.3 Å². The molecule has 84 valence electrons. The lowest BCUT2D eigenvalue weighted by Gasteiger charge is -2.02. The van der Waals surface area contributed by atoms with Crippen LogP contribution in [0.4, 0.5) is 0 Å². The molecule has 2 rings (SSSR count). The molecule has 0 atom stereocenters. The van der Waals surface area contributed by atoms with Crippen LogP contribution >= 0.6 is 0 Å². The fourth-order valence-corrected chi connectivity index (χ4v) is 1.90. The Kier molecular flexibility index (Phi) is 2.30. The standard InChI is InChI=1S/C11H12N2O3/c1-6-3-7(2)10-8(4-6)13(5-9(14)15)11(16)12-10/h3-4H,5H2,1-2H3,(H,12,16)(H,14,15). The van der Waals surface area contributed by atoms with Gasteiger partial charge in [0.25, 0.3) is 0 Å². The Morgan fingerprint density at radius 1 is 1.44 bits per heavy atom. The second-order valence-corrected chi connectivity index (χ2v) is 3.89. The molecule has 1 heterocycles. The van der Waals surface area contributed by atoms with Crippen LogP contribution in [0, 0.1) is 13.8 Å². The molecule has 2 aromatic rings. The Balaban J connectivity index is 2.78. The SMILES string of the molecule is Cc1cc(C)c2[nH]c(=O)n(CC(=O)O)c2c1. The van der Waals surface area contributed by atoms with Gasteiger partial charge in [-0.05, 0) is 31.0 Å². The van der Waals surface area contributed by atoms with Crippen LogP contribution in [-0.4, -0.2) is 20.6 Å². The highest BCUT2D eigenvalue weighted by atomic mass is 16.4. The van der Waals surface area contributed by atoms with Crippen LogP contribution in [0.25, 0.3) is 11.0 Å². The number of fused-ring (bicyclic) bond motifs is 1. The number of aliphatic carboxylic acids is 1. The molecule has 1 aromatic carbocycles. The van der Waals surface area contributed by atoms with Crippen LogP contribution in [0.1, 0.15) is 11.1 Å². The maximum atomic E-state index is 11.6. The predicted molar refractivity (Wildman–Crippen MR) is 59.7 cm³/mol. The second kappa shape index (κ2) is 3.52. The summed E-state index contributed by atoms with van der Waals surface area (Å²) in [4.78, 5) is 24.9. The molecule has 0 spiro atoms. The van der Waals surface area contributed by atoms with Crippen molar-refractivity contribution in [3.63, 3.8) is 0 Å². The summed E-state index contributed by atoms with van der Waals surface area (Å²) in [6, 6.07) is 3.76. The van der Waals surface area contributed by atoms with Crippen molar-refractivity contribution in [1.82, 2.24) is 9.55 Å². The molecule has 0 aliphatic rings. The molecule has 0 aliphatic carbocycles. The third kappa shape index (κ3) is 1.60. The van der Waals surface area contributed by atoms with Crippen LogP contribution < -0.4 is 5.69 Å². The Hall–Kier alpha value is -2.04. The molecule has 0 aliphatic heterocycles. The molecule has 5 heteroatoms. The largest absolute Gasteiger partial charge is 0.480 e. The third-order valence-electron chi connectivity index (χ3n) is 2.52. The van der Waals surface area contributed by atoms with Gasteiger partial charge in [-0.1, -0.05) is 6.07 Å². The Bertz CT molecular complexity index is 622. The molecule has 0 fully saturated rings. The predicted octanol–water partition coefficient (Wildman–Crippen LogP) is 1.03. The van der Waals surface area contributed by atoms with Crippen molar-refractivity contribution in [2.24, 2.45) is 0 Å². The quantitative estimate of drug-likeness (QED) is 0.793. The number of carboxylic acids is 1. The third-order valence-corrected chi connectivity index (χ3v) is 2.52. The van der Waals surface area contributed by atoms with Gasteiger partial charge in [-0.2, -0.15) is 0 Å². The normalized spacial score (nSPS) is 10.9. The smallest absolute Gasteiger partial charge is 0.327 e. The van der Waals surface area contributed by atoms with Crippen molar-refractivity contribution in [3.05, 3.63) is 33.7 Å². The van der Waals surface area contributed by atoms with E-state index in [-0.39, 0.29) is 12.2 Å². The summed E-state index contributed by atoms with van der Waals surface area (Å²) in [7, 11) is 0. The fraction of sp³-hybridized carbons (Fsp3) is 0.273. The monoisotopic (exact) mass is 220 g/mol. The number of carbonyl (C=O) groups is 1. The van der Waals surface area contributed by atoms with Crippen molar-refractivity contribution in [1.29, 1.82) is 0 Å². The molecular formula is C11H12N2O3. The first-order valence-electron chi connectivity index (χ1n) is 4.90. The topological polar surface area (TPSA) is 75.1 Å². The first kappa shape index (κ1) is 10.5. The van der Waals surface area contributed by atoms with Crippen LogP contribution in [0.15, 0.2) is 16.9 Å². The van der Waals surface area contributed by atoms with E-state index >= 15 is 0 Å². The number of rotatable bonds is 2. The van der Waals surface area contributed by atoms with E-state index in [0.29, 0.717) is 11.0 Å². The number of H-pyrrole nitrogens is 1. The molecule has 0 unspecified atom stereocenters. The van der Waals surface area contributed by atoms with E-state index in [1.807, 2.05) is 26.0 Å². The highest BCUT2D eigenvalue weighted by molar-refractivity contribution is 5.81. The van der Waals surface area contributed by atoms with Crippen LogP contribution in [0.3, 0.4) is 0 Å². The van der Waals surface area contributed by atoms with Gasteiger partial charge in [-0.25, -0.2) is 4.79 Å². The summed E-state index contributed by atoms with van der Waals surface area (Å²) in [5.74, 6) is -1.03. The van der Waals surface area contributed by atoms with Gasteiger partial charge in [-0.3, -0.25) is 9.36 Å². The zero-order chi connectivity index (χ0) is 11.9. The molecule has 1 aromatic heterocycles. The summed E-state index contributed by atoms with van der Waals surface area (Å²) < 4.78 is 1.23. The van der Waals surface area contributed by atoms with Gasteiger partial charge in [-0.15, -0.1) is 0 Å². The molecule has 0 bridgehead atoms. The van der Waals surface area contributed by atoms with Crippen LogP contribution in [0.2, 0.25) is 0 Å². The maximum absolute atomic E-state index is 11.6. The van der Waals surface area contributed by atoms with Gasteiger partial charge in [0.05, 0.1) is 11.0 Å². The number of nitrogens with zero attached hydrogens (tertiary/aromatic N) is 1. The number of hydrogen-bond acceptors (Lipinski definition) is 2. The van der Waals surface area contributed by atoms with Gasteiger partial charge in [0, 0.05) is 0 Å². The summed E-state index contributed by atoms with van der Waals surface area (Å²) >= 11 is 0. The summed E-state index contributed by atoms with van der Waals surface area (Å²) in [5.41, 5.74) is 2.91. The number of nitrogens with one attached hydrogen (secondary N) is 1. The molecule has 16 heavy (non-hydrogen) atoms. The van der Waals surface area contributed by atoms with Gasteiger partial charge in [0.15, 0.2) is 0 Å². The minimum absolute atomic E-state index is 0.318. The summed E-state index contributed by atoms with van der Waals surface area (Å²) in [5, 5.41) is 8.73. The highest BCUT2D eigenvalue weighted by Crippen LogP contribution is 2.17. The van der Waals surface area contributed by atoms with E-state index in [2.05, 4.69) is 4.98 Å². The van der Waals surface area contributed by atoms with Gasteiger partial charge in [0.2, 0.25) is 0 Å². The Labute approximate surface area is 91.3 Å². The van der Waals surface area contributed by atoms with Crippen molar-refractivity contribution in [3.8, 4) is 0 Å². The van der Waals surface area contributed by atoms with Gasteiger partial charge >= 0.3 is 11.7 Å². The Morgan fingerprint density at radius 2 is 2.12 bits per heavy atom. The van der Waals surface area contributed by atoms with E-state index in [9.17, 15) is 9.59 Å². The fourth-order valence-electron chi connectivity index (χ4n) is 1.90. The lowest BCUT2D eigenvalue weighted by molar-refractivity contribution is -0.137. The lowest BCUT2D eigenvalue weighted by atomic mass is 10.1. The molecule has 0 radical (unpaired) electrons. The number of carboxylic acid groups (broad SMARTS) is 1. The van der Waals surface area contributed by atoms with Crippen molar-refractivity contribution >= 4 is 17.0 Å². The summed E-state index contributed by atoms with van der Waals surface area (Å²) in [6.07, 6.45) is 0. The zero-order valence-corrected chi connectivity index (χ0v) is 9.07. The van der Waals surface area contributed by atoms with Gasteiger partial charge < -0.3 is 10.1 Å². The molecular weight excluding hydrogens is 208 g/mol. The molecule has 0 amide bonds. The van der Waals surface area contributed by atoms with E-state index in [1.165, 1.54) is 4.57 Å². The number of benzene rings is 1. The average molecular weight is 220 g/mol. The van der Waals surface area contributed by atoms with Crippen molar-refractivity contribution in [2.45, 2.75) is 20.4 Å². The minimum atomic E-state index is -1.03. The first-order valence-corrected chi connectivity index (χ1v) is 4.90. The van der Waals surface area contributed by atoms with Crippen molar-refractivity contribution in [2.75, 3.05) is 0 Å². The average Bonchev–Trinajstić information content (AvgIpc) is 2.45. The first-order chi connectivity index (χ1) is 7.49. The number of aromatic amines is 1. The van der Waals surface area contributed by atoms with E-state index in [0.717, 1.165) is 11.1 Å². The van der Waals surface area contributed by atoms with E-state index in [4.69, 9.17) is 5.11 Å². The van der Waals surface area contributed by atoms with E-state index < -0.39 is 5.97 Å². The molecule has 5 nitrogen and oxygen atoms in total. The number of imidazole rings is 1. The lowest BCUT2D eigenvalue weighted by Crippen LogP contribution is -2.21. The molecule has 2 N–H and O–H groups in total. The van der Waals surface area contributed by atoms with Crippen LogP contribution in [0.5, 0.6) is 0 Å². The van der Waals surface area contributed by atoms with Crippen molar-refractivity contribution < 1.29 is 9.90 Å². The second-order valence-electron chi connectivity index (χ2n) is 3.89. The summed E-state index contributed by atoms with van der Waals surface area (Å²) in [6.45, 7) is 3.48.